The molecule has 34 heavy (non-hydrogen) atoms. The second-order valence-corrected chi connectivity index (χ2v) is 9.65. The third-order valence-electron chi connectivity index (χ3n) is 5.65. The van der Waals surface area contributed by atoms with Gasteiger partial charge in [-0.25, -0.2) is 9.78 Å². The highest BCUT2D eigenvalue weighted by molar-refractivity contribution is 8.06. The van der Waals surface area contributed by atoms with E-state index in [1.54, 1.807) is 23.9 Å². The van der Waals surface area contributed by atoms with E-state index in [4.69, 9.17) is 4.74 Å². The van der Waals surface area contributed by atoms with Crippen LogP contribution in [0.2, 0.25) is 0 Å². The van der Waals surface area contributed by atoms with Gasteiger partial charge >= 0.3 is 5.97 Å². The van der Waals surface area contributed by atoms with Crippen LogP contribution in [0.5, 0.6) is 0 Å². The summed E-state index contributed by atoms with van der Waals surface area (Å²) in [5.74, 6) is -1.59. The largest absolute Gasteiger partial charge is 0.456 e. The molecule has 178 valence electrons. The van der Waals surface area contributed by atoms with Crippen molar-refractivity contribution in [3.8, 4) is 0 Å². The molecule has 0 radical (unpaired) electrons. The minimum atomic E-state index is -0.838. The van der Waals surface area contributed by atoms with Gasteiger partial charge in [0, 0.05) is 23.5 Å². The topological polar surface area (TPSA) is 143 Å². The molecule has 2 aliphatic heterocycles. The van der Waals surface area contributed by atoms with Gasteiger partial charge in [0.25, 0.3) is 5.69 Å². The number of carbonyl (C=O) groups excluding carboxylic acids is 2. The molecule has 2 aromatic rings. The highest BCUT2D eigenvalue weighted by atomic mass is 32.2. The number of benzene rings is 1. The molecule has 10 nitrogen and oxygen atoms in total. The first kappa shape index (κ1) is 24.1. The Bertz CT molecular complexity index is 1170. The number of carbonyl (C=O) groups is 2. The Morgan fingerprint density at radius 2 is 2.18 bits per heavy atom. The summed E-state index contributed by atoms with van der Waals surface area (Å²) >= 11 is 2.64. The van der Waals surface area contributed by atoms with Crippen molar-refractivity contribution in [2.45, 2.75) is 38.7 Å². The first-order valence-electron chi connectivity index (χ1n) is 10.3. The molecule has 0 bridgehead atoms. The number of nitro groups is 1. The number of β-lactam (4-membered cyclic amide) rings is 1. The molecule has 3 atom stereocenters. The lowest BCUT2D eigenvalue weighted by molar-refractivity contribution is -0.384. The molecule has 3 heterocycles. The van der Waals surface area contributed by atoms with Gasteiger partial charge in [0.05, 0.1) is 45.7 Å². The summed E-state index contributed by atoms with van der Waals surface area (Å²) in [6, 6.07) is 5.34. The number of rotatable bonds is 9. The molecule has 1 amide bonds. The number of aliphatic hydroxyl groups excluding tert-OH is 2. The third-order valence-corrected chi connectivity index (χ3v) is 7.40. The molecular formula is C22H21N3O7S2. The smallest absolute Gasteiger partial charge is 0.356 e. The Hall–Kier alpha value is -3.06. The van der Waals surface area contributed by atoms with Crippen LogP contribution in [0.4, 0.5) is 5.69 Å². The van der Waals surface area contributed by atoms with Crippen molar-refractivity contribution in [2.75, 3.05) is 0 Å². The molecule has 0 unspecified atom stereocenters. The van der Waals surface area contributed by atoms with Gasteiger partial charge in [-0.05, 0) is 36.1 Å². The molecule has 0 spiro atoms. The number of ether oxygens (including phenoxy) is 1. The average molecular weight is 504 g/mol. The number of aliphatic hydroxyl groups is 2. The van der Waals surface area contributed by atoms with Gasteiger partial charge in [-0.15, -0.1) is 11.3 Å². The molecule has 1 fully saturated rings. The van der Waals surface area contributed by atoms with Crippen molar-refractivity contribution in [1.82, 2.24) is 9.88 Å². The summed E-state index contributed by atoms with van der Waals surface area (Å²) in [7, 11) is 0. The van der Waals surface area contributed by atoms with E-state index in [1.165, 1.54) is 52.3 Å². The van der Waals surface area contributed by atoms with Crippen LogP contribution >= 0.6 is 23.1 Å². The fourth-order valence-electron chi connectivity index (χ4n) is 3.97. The van der Waals surface area contributed by atoms with Crippen LogP contribution in [0.25, 0.3) is 6.08 Å². The number of non-ortho nitro benzene ring substituents is 1. The Morgan fingerprint density at radius 3 is 2.82 bits per heavy atom. The minimum Gasteiger partial charge on any atom is -0.456 e. The van der Waals surface area contributed by atoms with Gasteiger partial charge in [0.2, 0.25) is 5.91 Å². The second kappa shape index (κ2) is 10.1. The molecule has 4 rings (SSSR count). The van der Waals surface area contributed by atoms with Crippen molar-refractivity contribution in [3.05, 3.63) is 72.0 Å². The Morgan fingerprint density at radius 1 is 1.44 bits per heavy atom. The van der Waals surface area contributed by atoms with Crippen LogP contribution < -0.4 is 0 Å². The van der Waals surface area contributed by atoms with E-state index in [1.807, 2.05) is 0 Å². The lowest BCUT2D eigenvalue weighted by atomic mass is 9.83. The van der Waals surface area contributed by atoms with E-state index in [9.17, 15) is 29.9 Å². The molecule has 1 aromatic carbocycles. The maximum Gasteiger partial charge on any atom is 0.356 e. The predicted octanol–water partition coefficient (Wildman–Crippen LogP) is 2.81. The number of thiazole rings is 1. The SMILES string of the molecule is C[C@@H](O)[C@H]1C(=O)N2C(C(=O)OCc3ccc([N+](=O)[O-])cc3)=C(S/C=C\c3scnc3CO)C[C@H]12. The molecule has 2 aliphatic rings. The van der Waals surface area contributed by atoms with Gasteiger partial charge in [0.15, 0.2) is 0 Å². The summed E-state index contributed by atoms with van der Waals surface area (Å²) in [5, 5.41) is 31.9. The lowest BCUT2D eigenvalue weighted by Gasteiger charge is -2.44. The van der Waals surface area contributed by atoms with Crippen LogP contribution in [-0.4, -0.2) is 49.0 Å². The van der Waals surface area contributed by atoms with E-state index in [0.717, 1.165) is 4.88 Å². The number of hydrogen-bond acceptors (Lipinski definition) is 10. The molecule has 12 heteroatoms. The van der Waals surface area contributed by atoms with Gasteiger partial charge in [-0.2, -0.15) is 0 Å². The van der Waals surface area contributed by atoms with E-state index >= 15 is 0 Å². The van der Waals surface area contributed by atoms with Crippen molar-refractivity contribution >= 4 is 46.7 Å². The summed E-state index contributed by atoms with van der Waals surface area (Å²) in [5.41, 5.74) is 2.83. The molecular weight excluding hydrogens is 482 g/mol. The van der Waals surface area contributed by atoms with Gasteiger partial charge in [0.1, 0.15) is 12.3 Å². The summed E-state index contributed by atoms with van der Waals surface area (Å²) < 4.78 is 5.43. The number of aromatic nitrogens is 1. The number of amides is 1. The summed E-state index contributed by atoms with van der Waals surface area (Å²) in [6.45, 7) is 1.26. The molecule has 1 aromatic heterocycles. The minimum absolute atomic E-state index is 0.0671. The first-order chi connectivity index (χ1) is 16.3. The zero-order chi connectivity index (χ0) is 24.4. The van der Waals surface area contributed by atoms with E-state index in [2.05, 4.69) is 4.98 Å². The third kappa shape index (κ3) is 4.62. The summed E-state index contributed by atoms with van der Waals surface area (Å²) in [6.07, 6.45) is 1.35. The normalized spacial score (nSPS) is 20.4. The van der Waals surface area contributed by atoms with Crippen LogP contribution in [0.3, 0.4) is 0 Å². The number of nitrogens with zero attached hydrogens (tertiary/aromatic N) is 3. The maximum atomic E-state index is 13.0. The quantitative estimate of drug-likeness (QED) is 0.228. The van der Waals surface area contributed by atoms with Crippen molar-refractivity contribution in [3.63, 3.8) is 0 Å². The number of fused-ring (bicyclic) bond motifs is 1. The van der Waals surface area contributed by atoms with E-state index < -0.39 is 22.9 Å². The van der Waals surface area contributed by atoms with Gasteiger partial charge < -0.3 is 19.8 Å². The molecule has 1 saturated heterocycles. The number of esters is 1. The monoisotopic (exact) mass is 503 g/mol. The average Bonchev–Trinajstić information content (AvgIpc) is 3.39. The highest BCUT2D eigenvalue weighted by Gasteiger charge is 2.56. The molecule has 0 saturated carbocycles. The fourth-order valence-corrected chi connectivity index (χ4v) is 5.68. The molecule has 0 aliphatic carbocycles. The fraction of sp³-hybridized carbons (Fsp3) is 0.318. The number of thioether (sulfide) groups is 1. The Labute approximate surface area is 202 Å². The highest BCUT2D eigenvalue weighted by Crippen LogP contribution is 2.47. The second-order valence-electron chi connectivity index (χ2n) is 7.76. The zero-order valence-electron chi connectivity index (χ0n) is 18.0. The summed E-state index contributed by atoms with van der Waals surface area (Å²) in [4.78, 5) is 42.8. The number of nitro benzene ring substituents is 1. The van der Waals surface area contributed by atoms with Crippen molar-refractivity contribution in [2.24, 2.45) is 5.92 Å². The van der Waals surface area contributed by atoms with Gasteiger partial charge in [-0.3, -0.25) is 14.9 Å². The maximum absolute atomic E-state index is 13.0. The molecule has 2 N–H and O–H groups in total. The Kier molecular flexibility index (Phi) is 7.12. The van der Waals surface area contributed by atoms with Crippen LogP contribution in [0.1, 0.15) is 29.5 Å². The number of hydrogen-bond donors (Lipinski definition) is 2. The van der Waals surface area contributed by atoms with E-state index in [-0.39, 0.29) is 36.5 Å². The van der Waals surface area contributed by atoms with Gasteiger partial charge in [-0.1, -0.05) is 11.8 Å². The van der Waals surface area contributed by atoms with E-state index in [0.29, 0.717) is 22.6 Å². The van der Waals surface area contributed by atoms with Crippen LogP contribution in [0, 0.1) is 16.0 Å². The van der Waals surface area contributed by atoms with Crippen LogP contribution in [0.15, 0.2) is 45.8 Å². The zero-order valence-corrected chi connectivity index (χ0v) is 19.6. The van der Waals surface area contributed by atoms with Crippen molar-refractivity contribution < 1.29 is 29.5 Å². The first-order valence-corrected chi connectivity index (χ1v) is 12.1. The van der Waals surface area contributed by atoms with Crippen LogP contribution in [-0.2, 0) is 27.5 Å². The lowest BCUT2D eigenvalue weighted by Crippen LogP contribution is -2.61. The predicted molar refractivity (Wildman–Crippen MR) is 125 cm³/mol. The standard InChI is InChI=1S/C22H21N3O7S2/c1-12(27)19-16-8-18(33-7-6-17-15(9-26)23-11-34-17)20(24(16)21(19)28)22(29)32-10-13-2-4-14(5-3-13)25(30)31/h2-7,11-12,16,19,26-27H,8-10H2,1H3/b7-6-/t12-,16-,19-/m1/s1. The van der Waals surface area contributed by atoms with Crippen molar-refractivity contribution in [1.29, 1.82) is 0 Å². The Balaban J connectivity index is 1.51.